The summed E-state index contributed by atoms with van der Waals surface area (Å²) in [5.74, 6) is -0.400. The monoisotopic (exact) mass is 572 g/mol. The molecular formula is C25H28ClF3N4O4S. The molecule has 1 heterocycles. The van der Waals surface area contributed by atoms with Gasteiger partial charge in [0.2, 0.25) is 16.0 Å². The number of fused-ring (bicyclic) bond motifs is 1. The maximum atomic E-state index is 12.6. The second kappa shape index (κ2) is 9.96. The zero-order chi connectivity index (χ0) is 28.0. The van der Waals surface area contributed by atoms with Crippen molar-refractivity contribution in [2.24, 2.45) is 11.3 Å². The molecular weight excluding hydrogens is 545 g/mol. The van der Waals surface area contributed by atoms with Gasteiger partial charge in [0.25, 0.3) is 5.91 Å². The van der Waals surface area contributed by atoms with Crippen LogP contribution in [0.5, 0.6) is 5.75 Å². The van der Waals surface area contributed by atoms with E-state index in [2.05, 4.69) is 35.8 Å². The highest BCUT2D eigenvalue weighted by molar-refractivity contribution is 7.89. The van der Waals surface area contributed by atoms with Crippen LogP contribution in [0, 0.1) is 11.3 Å². The van der Waals surface area contributed by atoms with Gasteiger partial charge in [-0.2, -0.15) is 0 Å². The van der Waals surface area contributed by atoms with Crippen molar-refractivity contribution in [2.45, 2.75) is 52.4 Å². The first-order valence-corrected chi connectivity index (χ1v) is 14.1. The minimum Gasteiger partial charge on any atom is -0.406 e. The van der Waals surface area contributed by atoms with Crippen molar-refractivity contribution in [3.8, 4) is 5.75 Å². The van der Waals surface area contributed by atoms with Crippen LogP contribution < -0.4 is 14.8 Å². The Morgan fingerprint density at radius 3 is 2.42 bits per heavy atom. The van der Waals surface area contributed by atoms with Gasteiger partial charge < -0.3 is 14.6 Å². The van der Waals surface area contributed by atoms with E-state index in [-0.39, 0.29) is 27.8 Å². The van der Waals surface area contributed by atoms with E-state index in [0.29, 0.717) is 28.6 Å². The van der Waals surface area contributed by atoms with Gasteiger partial charge in [-0.05, 0) is 67.0 Å². The number of halogens is 4. The second-order valence-corrected chi connectivity index (χ2v) is 12.7. The number of anilines is 2. The molecule has 0 saturated heterocycles. The molecule has 1 aliphatic rings. The molecule has 0 aliphatic heterocycles. The first-order chi connectivity index (χ1) is 17.5. The van der Waals surface area contributed by atoms with Gasteiger partial charge in [-0.3, -0.25) is 4.79 Å². The van der Waals surface area contributed by atoms with Gasteiger partial charge in [-0.15, -0.1) is 13.2 Å². The number of nitrogens with one attached hydrogen (secondary N) is 2. The van der Waals surface area contributed by atoms with E-state index >= 15 is 0 Å². The number of nitrogens with zero attached hydrogens (tertiary/aromatic N) is 2. The van der Waals surface area contributed by atoms with E-state index in [0.717, 1.165) is 25.5 Å². The number of sulfonamides is 1. The zero-order valence-corrected chi connectivity index (χ0v) is 22.8. The number of hydrogen-bond acceptors (Lipinski definition) is 6. The number of benzene rings is 2. The lowest BCUT2D eigenvalue weighted by Crippen LogP contribution is -2.30. The molecule has 2 N–H and O–H groups in total. The van der Waals surface area contributed by atoms with Crippen molar-refractivity contribution in [3.63, 3.8) is 0 Å². The van der Waals surface area contributed by atoms with Crippen LogP contribution in [-0.2, 0) is 10.0 Å². The predicted molar refractivity (Wildman–Crippen MR) is 139 cm³/mol. The fourth-order valence-corrected chi connectivity index (χ4v) is 6.02. The Balaban J connectivity index is 1.78. The number of imidazole rings is 1. The summed E-state index contributed by atoms with van der Waals surface area (Å²) < 4.78 is 68.7. The van der Waals surface area contributed by atoms with Gasteiger partial charge in [0.15, 0.2) is 0 Å². The van der Waals surface area contributed by atoms with Crippen LogP contribution in [-0.4, -0.2) is 36.5 Å². The Morgan fingerprint density at radius 2 is 1.84 bits per heavy atom. The van der Waals surface area contributed by atoms with Gasteiger partial charge in [-0.25, -0.2) is 18.1 Å². The number of alkyl halides is 3. The van der Waals surface area contributed by atoms with Gasteiger partial charge >= 0.3 is 6.36 Å². The van der Waals surface area contributed by atoms with Crippen LogP contribution in [0.15, 0.2) is 36.4 Å². The highest BCUT2D eigenvalue weighted by atomic mass is 35.5. The molecule has 8 nitrogen and oxygen atoms in total. The van der Waals surface area contributed by atoms with Crippen LogP contribution in [0.3, 0.4) is 0 Å². The van der Waals surface area contributed by atoms with E-state index in [4.69, 9.17) is 11.6 Å². The smallest absolute Gasteiger partial charge is 0.406 e. The highest BCUT2D eigenvalue weighted by Gasteiger charge is 2.35. The number of amides is 1. The van der Waals surface area contributed by atoms with Crippen molar-refractivity contribution in [2.75, 3.05) is 11.6 Å². The molecule has 1 unspecified atom stereocenters. The highest BCUT2D eigenvalue weighted by Crippen LogP contribution is 2.46. The fourth-order valence-electron chi connectivity index (χ4n) is 5.33. The third-order valence-electron chi connectivity index (χ3n) is 6.37. The Labute approximate surface area is 223 Å². The van der Waals surface area contributed by atoms with Crippen LogP contribution in [0.2, 0.25) is 5.02 Å². The normalized spacial score (nSPS) is 19.8. The molecule has 4 rings (SSSR count). The van der Waals surface area contributed by atoms with Gasteiger partial charge in [0, 0.05) is 11.7 Å². The Kier molecular flexibility index (Phi) is 7.34. The third kappa shape index (κ3) is 6.71. The number of carbonyl (C=O) groups is 1. The first kappa shape index (κ1) is 28.0. The minimum atomic E-state index is -4.80. The second-order valence-electron chi connectivity index (χ2n) is 10.6. The van der Waals surface area contributed by atoms with E-state index in [1.54, 1.807) is 6.07 Å². The number of ether oxygens (including phenoxy) is 1. The first-order valence-electron chi connectivity index (χ1n) is 11.9. The predicted octanol–water partition coefficient (Wildman–Crippen LogP) is 6.41. The molecule has 0 spiro atoms. The SMILES string of the molecule is C[C@H]1CC(n2c(Nc3ccc(OC(F)(F)F)cc3)nc3cc(C(=O)NS(C)(=O)=O)c(Cl)cc32)CC(C)(C)C1. The van der Waals surface area contributed by atoms with E-state index < -0.39 is 22.3 Å². The van der Waals surface area contributed by atoms with E-state index in [9.17, 15) is 26.4 Å². The summed E-state index contributed by atoms with van der Waals surface area (Å²) >= 11 is 6.44. The molecule has 1 aliphatic carbocycles. The molecule has 206 valence electrons. The Morgan fingerprint density at radius 1 is 1.18 bits per heavy atom. The lowest BCUT2D eigenvalue weighted by Gasteiger charge is -2.40. The largest absolute Gasteiger partial charge is 0.573 e. The van der Waals surface area contributed by atoms with Crippen molar-refractivity contribution >= 4 is 50.2 Å². The number of hydrogen-bond donors (Lipinski definition) is 2. The summed E-state index contributed by atoms with van der Waals surface area (Å²) in [6, 6.07) is 8.29. The fraction of sp³-hybridized carbons (Fsp3) is 0.440. The topological polar surface area (TPSA) is 102 Å². The summed E-state index contributed by atoms with van der Waals surface area (Å²) in [6.45, 7) is 6.57. The summed E-state index contributed by atoms with van der Waals surface area (Å²) in [7, 11) is -3.81. The van der Waals surface area contributed by atoms with Crippen molar-refractivity contribution < 1.29 is 31.1 Å². The standard InChI is InChI=1S/C25H28ClF3N4O4S/c1-14-9-16(13-24(2,3)12-14)33-21-11-19(26)18(22(34)32-38(4,35)36)10-20(21)31-23(33)30-15-5-7-17(8-6-15)37-25(27,28)29/h5-8,10-11,14,16H,9,12-13H2,1-4H3,(H,30,31)(H,32,34)/t14-,16?/m0/s1. The molecule has 13 heteroatoms. The lowest BCUT2D eigenvalue weighted by molar-refractivity contribution is -0.274. The summed E-state index contributed by atoms with van der Waals surface area (Å²) in [4.78, 5) is 17.2. The molecule has 1 aromatic heterocycles. The third-order valence-corrected chi connectivity index (χ3v) is 7.24. The maximum absolute atomic E-state index is 12.6. The Hall–Kier alpha value is -2.99. The molecule has 3 aromatic rings. The van der Waals surface area contributed by atoms with Gasteiger partial charge in [-0.1, -0.05) is 32.4 Å². The van der Waals surface area contributed by atoms with Crippen molar-refractivity contribution in [1.82, 2.24) is 14.3 Å². The van der Waals surface area contributed by atoms with E-state index in [1.165, 1.54) is 30.3 Å². The molecule has 1 saturated carbocycles. The summed E-state index contributed by atoms with van der Waals surface area (Å²) in [5.41, 5.74) is 1.52. The van der Waals surface area contributed by atoms with Crippen LogP contribution in [0.1, 0.15) is 56.4 Å². The lowest BCUT2D eigenvalue weighted by atomic mass is 9.70. The van der Waals surface area contributed by atoms with Crippen molar-refractivity contribution in [1.29, 1.82) is 0 Å². The molecule has 2 atom stereocenters. The maximum Gasteiger partial charge on any atom is 0.573 e. The molecule has 1 fully saturated rings. The van der Waals surface area contributed by atoms with Gasteiger partial charge in [0.05, 0.1) is 27.9 Å². The van der Waals surface area contributed by atoms with Crippen molar-refractivity contribution in [3.05, 3.63) is 47.0 Å². The quantitative estimate of drug-likeness (QED) is 0.354. The van der Waals surface area contributed by atoms with Crippen LogP contribution in [0.4, 0.5) is 24.8 Å². The molecule has 0 bridgehead atoms. The van der Waals surface area contributed by atoms with Crippen LogP contribution in [0.25, 0.3) is 11.0 Å². The summed E-state index contributed by atoms with van der Waals surface area (Å²) in [6.07, 6.45) is -1.19. The number of aromatic nitrogens is 2. The average Bonchev–Trinajstić information content (AvgIpc) is 3.07. The molecule has 2 aromatic carbocycles. The van der Waals surface area contributed by atoms with E-state index in [1.807, 2.05) is 9.29 Å². The number of rotatable bonds is 6. The molecule has 38 heavy (non-hydrogen) atoms. The average molecular weight is 573 g/mol. The zero-order valence-electron chi connectivity index (χ0n) is 21.2. The summed E-state index contributed by atoms with van der Waals surface area (Å²) in [5, 5.41) is 3.23. The van der Waals surface area contributed by atoms with Crippen LogP contribution >= 0.6 is 11.6 Å². The van der Waals surface area contributed by atoms with Gasteiger partial charge in [0.1, 0.15) is 5.75 Å². The molecule has 1 amide bonds. The minimum absolute atomic E-state index is 0.0147. The Bertz CT molecular complexity index is 1470. The number of carbonyl (C=O) groups excluding carboxylic acids is 1. The molecule has 0 radical (unpaired) electrons.